The number of nitrogens with two attached hydrogens (primary N) is 1. The van der Waals surface area contributed by atoms with Crippen LogP contribution in [0, 0.1) is 0 Å². The molecule has 2 nitrogen and oxygen atoms in total. The summed E-state index contributed by atoms with van der Waals surface area (Å²) in [5.41, 5.74) is 6.89. The third-order valence-electron chi connectivity index (χ3n) is 2.56. The van der Waals surface area contributed by atoms with Crippen molar-refractivity contribution in [1.29, 1.82) is 0 Å². The zero-order valence-corrected chi connectivity index (χ0v) is 10.7. The second-order valence-electron chi connectivity index (χ2n) is 3.85. The Morgan fingerprint density at radius 3 is 2.47 bits per heavy atom. The molecule has 0 spiro atoms. The van der Waals surface area contributed by atoms with Gasteiger partial charge in [0.15, 0.2) is 0 Å². The van der Waals surface area contributed by atoms with Gasteiger partial charge in [0.1, 0.15) is 0 Å². The van der Waals surface area contributed by atoms with E-state index in [2.05, 4.69) is 30.1 Å². The van der Waals surface area contributed by atoms with Crippen molar-refractivity contribution in [2.75, 3.05) is 0 Å². The fraction of sp³-hybridized carbons (Fsp3) is 0.214. The van der Waals surface area contributed by atoms with Gasteiger partial charge in [-0.1, -0.05) is 36.9 Å². The summed E-state index contributed by atoms with van der Waals surface area (Å²) in [5, 5.41) is 0. The smallest absolute Gasteiger partial charge is 0.0571 e. The summed E-state index contributed by atoms with van der Waals surface area (Å²) in [4.78, 5) is 6.77. The highest BCUT2D eigenvalue weighted by Crippen LogP contribution is 2.27. The Hall–Kier alpha value is -1.32. The maximum atomic E-state index is 5.93. The Bertz CT molecular complexity index is 453. The largest absolute Gasteiger partial charge is 0.323 e. The zero-order chi connectivity index (χ0) is 12.1. The van der Waals surface area contributed by atoms with E-state index in [0.717, 1.165) is 17.0 Å². The van der Waals surface area contributed by atoms with Gasteiger partial charge >= 0.3 is 0 Å². The molecule has 1 unspecified atom stereocenters. The summed E-state index contributed by atoms with van der Waals surface area (Å²) < 4.78 is 0. The first-order valence-corrected chi connectivity index (χ1v) is 6.55. The van der Waals surface area contributed by atoms with Gasteiger partial charge in [0.05, 0.1) is 5.69 Å². The molecular formula is C14H16N2S. The van der Waals surface area contributed by atoms with Crippen LogP contribution in [0.25, 0.3) is 0 Å². The first kappa shape index (κ1) is 12.1. The molecule has 1 atom stereocenters. The van der Waals surface area contributed by atoms with Crippen molar-refractivity contribution in [2.45, 2.75) is 29.2 Å². The van der Waals surface area contributed by atoms with Crippen LogP contribution in [0.2, 0.25) is 0 Å². The minimum absolute atomic E-state index is 0.0470. The maximum absolute atomic E-state index is 5.93. The van der Waals surface area contributed by atoms with E-state index in [0.29, 0.717) is 0 Å². The minimum atomic E-state index is 0.0470. The molecule has 0 aliphatic heterocycles. The molecule has 0 radical (unpaired) electrons. The van der Waals surface area contributed by atoms with Crippen LogP contribution in [0.4, 0.5) is 0 Å². The van der Waals surface area contributed by atoms with Crippen LogP contribution in [-0.4, -0.2) is 4.98 Å². The molecule has 0 saturated carbocycles. The van der Waals surface area contributed by atoms with Gasteiger partial charge < -0.3 is 5.73 Å². The topological polar surface area (TPSA) is 38.9 Å². The van der Waals surface area contributed by atoms with Gasteiger partial charge in [0.2, 0.25) is 0 Å². The fourth-order valence-electron chi connectivity index (χ4n) is 1.51. The van der Waals surface area contributed by atoms with Crippen LogP contribution in [0.5, 0.6) is 0 Å². The molecule has 2 aromatic rings. The van der Waals surface area contributed by atoms with Gasteiger partial charge in [0, 0.05) is 22.0 Å². The lowest BCUT2D eigenvalue weighted by molar-refractivity contribution is 0.674. The van der Waals surface area contributed by atoms with Crippen molar-refractivity contribution in [2.24, 2.45) is 5.73 Å². The van der Waals surface area contributed by atoms with Crippen molar-refractivity contribution in [3.8, 4) is 0 Å². The summed E-state index contributed by atoms with van der Waals surface area (Å²) in [7, 11) is 0. The number of hydrogen-bond donors (Lipinski definition) is 1. The van der Waals surface area contributed by atoms with Gasteiger partial charge in [-0.2, -0.15) is 0 Å². The average molecular weight is 244 g/mol. The van der Waals surface area contributed by atoms with Crippen molar-refractivity contribution in [3.05, 3.63) is 54.4 Å². The van der Waals surface area contributed by atoms with E-state index < -0.39 is 0 Å². The van der Waals surface area contributed by atoms with Crippen LogP contribution in [-0.2, 0) is 0 Å². The number of hydrogen-bond acceptors (Lipinski definition) is 3. The lowest BCUT2D eigenvalue weighted by Gasteiger charge is -2.08. The Kier molecular flexibility index (Phi) is 4.18. The van der Waals surface area contributed by atoms with E-state index in [-0.39, 0.29) is 6.04 Å². The fourth-order valence-corrected chi connectivity index (χ4v) is 2.31. The number of pyridine rings is 1. The average Bonchev–Trinajstić information content (AvgIpc) is 2.40. The molecule has 0 aliphatic rings. The highest BCUT2D eigenvalue weighted by molar-refractivity contribution is 7.99. The second kappa shape index (κ2) is 5.84. The molecule has 0 fully saturated rings. The quantitative estimate of drug-likeness (QED) is 0.892. The summed E-state index contributed by atoms with van der Waals surface area (Å²) in [5.74, 6) is 0. The van der Waals surface area contributed by atoms with Crippen LogP contribution in [0.15, 0.2) is 58.5 Å². The van der Waals surface area contributed by atoms with Crippen molar-refractivity contribution < 1.29 is 0 Å². The number of aromatic nitrogens is 1. The molecule has 0 amide bonds. The van der Waals surface area contributed by atoms with Gasteiger partial charge in [-0.25, -0.2) is 0 Å². The van der Waals surface area contributed by atoms with Gasteiger partial charge in [-0.05, 0) is 30.7 Å². The third-order valence-corrected chi connectivity index (χ3v) is 3.54. The normalized spacial score (nSPS) is 12.4. The molecule has 1 aromatic heterocycles. The van der Waals surface area contributed by atoms with E-state index in [1.54, 1.807) is 11.8 Å². The van der Waals surface area contributed by atoms with Gasteiger partial charge in [0.25, 0.3) is 0 Å². The molecule has 88 valence electrons. The zero-order valence-electron chi connectivity index (χ0n) is 9.84. The van der Waals surface area contributed by atoms with Crippen LogP contribution in [0.1, 0.15) is 25.1 Å². The Morgan fingerprint density at radius 1 is 1.12 bits per heavy atom. The monoisotopic (exact) mass is 244 g/mol. The summed E-state index contributed by atoms with van der Waals surface area (Å²) in [6, 6.07) is 14.4. The van der Waals surface area contributed by atoms with E-state index >= 15 is 0 Å². The summed E-state index contributed by atoms with van der Waals surface area (Å²) in [6.07, 6.45) is 2.81. The molecule has 1 aromatic carbocycles. The van der Waals surface area contributed by atoms with Crippen LogP contribution < -0.4 is 5.73 Å². The Balaban J connectivity index is 2.08. The molecule has 0 aliphatic carbocycles. The van der Waals surface area contributed by atoms with E-state index in [9.17, 15) is 0 Å². The molecule has 1 heterocycles. The first-order valence-electron chi connectivity index (χ1n) is 5.74. The molecule has 0 saturated heterocycles. The maximum Gasteiger partial charge on any atom is 0.0571 e. The second-order valence-corrected chi connectivity index (χ2v) is 5.00. The molecule has 2 rings (SSSR count). The third kappa shape index (κ3) is 3.32. The van der Waals surface area contributed by atoms with Crippen molar-refractivity contribution in [1.82, 2.24) is 4.98 Å². The minimum Gasteiger partial charge on any atom is -0.323 e. The number of nitrogens with zero attached hydrogens (tertiary/aromatic N) is 1. The lowest BCUT2D eigenvalue weighted by atomic mass is 10.1. The van der Waals surface area contributed by atoms with E-state index in [1.165, 1.54) is 4.90 Å². The molecular weight excluding hydrogens is 228 g/mol. The van der Waals surface area contributed by atoms with E-state index in [4.69, 9.17) is 5.73 Å². The van der Waals surface area contributed by atoms with Crippen LogP contribution in [0.3, 0.4) is 0 Å². The summed E-state index contributed by atoms with van der Waals surface area (Å²) in [6.45, 7) is 2.07. The standard InChI is InChI=1S/C14H16N2S/c1-2-13(15)14-9-8-12(10-16-14)17-11-6-4-3-5-7-11/h3-10,13H,2,15H2,1H3. The Morgan fingerprint density at radius 2 is 1.88 bits per heavy atom. The first-order chi connectivity index (χ1) is 8.29. The highest BCUT2D eigenvalue weighted by Gasteiger charge is 2.04. The highest BCUT2D eigenvalue weighted by atomic mass is 32.2. The summed E-state index contributed by atoms with van der Waals surface area (Å²) >= 11 is 1.71. The van der Waals surface area contributed by atoms with Crippen molar-refractivity contribution in [3.63, 3.8) is 0 Å². The SMILES string of the molecule is CCC(N)c1ccc(Sc2ccccc2)cn1. The van der Waals surface area contributed by atoms with Gasteiger partial charge in [-0.3, -0.25) is 4.98 Å². The van der Waals surface area contributed by atoms with E-state index in [1.807, 2.05) is 30.5 Å². The predicted molar refractivity (Wildman–Crippen MR) is 72.0 cm³/mol. The van der Waals surface area contributed by atoms with Crippen LogP contribution >= 0.6 is 11.8 Å². The number of rotatable bonds is 4. The lowest BCUT2D eigenvalue weighted by Crippen LogP contribution is -2.10. The molecule has 3 heteroatoms. The van der Waals surface area contributed by atoms with Gasteiger partial charge in [-0.15, -0.1) is 0 Å². The number of benzene rings is 1. The predicted octanol–water partition coefficient (Wildman–Crippen LogP) is 3.64. The molecule has 0 bridgehead atoms. The molecule has 17 heavy (non-hydrogen) atoms. The Labute approximate surface area is 106 Å². The molecule has 2 N–H and O–H groups in total. The van der Waals surface area contributed by atoms with Crippen molar-refractivity contribution >= 4 is 11.8 Å².